The maximum absolute atomic E-state index is 13.9. The largest absolute Gasteiger partial charge is 0.337 e. The molecule has 2 aliphatic rings. The van der Waals surface area contributed by atoms with Crippen molar-refractivity contribution < 1.29 is 14.0 Å². The van der Waals surface area contributed by atoms with Crippen LogP contribution in [-0.4, -0.2) is 41.9 Å². The zero-order valence-electron chi connectivity index (χ0n) is 16.3. The Morgan fingerprint density at radius 3 is 2.66 bits per heavy atom. The summed E-state index contributed by atoms with van der Waals surface area (Å²) in [6, 6.07) is 12.0. The van der Waals surface area contributed by atoms with Gasteiger partial charge in [0.2, 0.25) is 0 Å². The molecule has 2 atom stereocenters. The van der Waals surface area contributed by atoms with Crippen LogP contribution in [0.5, 0.6) is 0 Å². The van der Waals surface area contributed by atoms with E-state index in [1.54, 1.807) is 24.3 Å². The number of carbonyl (C=O) groups excluding carboxylic acids is 2. The molecule has 2 aliphatic heterocycles. The summed E-state index contributed by atoms with van der Waals surface area (Å²) in [7, 11) is 0. The van der Waals surface area contributed by atoms with Crippen molar-refractivity contribution in [1.82, 2.24) is 10.2 Å². The quantitative estimate of drug-likeness (QED) is 0.799. The van der Waals surface area contributed by atoms with Crippen molar-refractivity contribution in [2.24, 2.45) is 0 Å². The summed E-state index contributed by atoms with van der Waals surface area (Å²) in [5, 5.41) is 6.32. The number of hydrogen-bond acceptors (Lipinski definition) is 3. The minimum atomic E-state index is -0.572. The van der Waals surface area contributed by atoms with Crippen molar-refractivity contribution in [2.45, 2.75) is 38.3 Å². The number of halogens is 2. The van der Waals surface area contributed by atoms with Crippen LogP contribution in [0.2, 0.25) is 0 Å². The molecule has 0 radical (unpaired) electrons. The maximum atomic E-state index is 13.9. The van der Waals surface area contributed by atoms with E-state index >= 15 is 0 Å². The van der Waals surface area contributed by atoms with Crippen molar-refractivity contribution in [3.8, 4) is 0 Å². The standard InChI is InChI=1S/C22H24FN3O2.ClH/c1-14-6-7-15(22(28)26-11-10-16-8-9-17(13-26)24-16)12-20(14)25-21(27)18-4-2-3-5-19(18)23;/h2-7,12,16-17,24H,8-11,13H2,1H3,(H,25,27);1H. The van der Waals surface area contributed by atoms with Gasteiger partial charge in [0, 0.05) is 36.4 Å². The van der Waals surface area contributed by atoms with E-state index in [1.165, 1.54) is 18.6 Å². The van der Waals surface area contributed by atoms with Gasteiger partial charge < -0.3 is 15.5 Å². The molecule has 0 aromatic heterocycles. The summed E-state index contributed by atoms with van der Waals surface area (Å²) >= 11 is 0. The van der Waals surface area contributed by atoms with Crippen LogP contribution in [0.3, 0.4) is 0 Å². The van der Waals surface area contributed by atoms with Crippen molar-refractivity contribution in [1.29, 1.82) is 0 Å². The Bertz CT molecular complexity index is 921. The van der Waals surface area contributed by atoms with E-state index in [1.807, 2.05) is 17.9 Å². The predicted octanol–water partition coefficient (Wildman–Crippen LogP) is 3.77. The Morgan fingerprint density at radius 1 is 1.10 bits per heavy atom. The molecular formula is C22H25ClFN3O2. The molecule has 29 heavy (non-hydrogen) atoms. The van der Waals surface area contributed by atoms with Crippen LogP contribution < -0.4 is 10.6 Å². The highest BCUT2D eigenvalue weighted by atomic mass is 35.5. The minimum Gasteiger partial charge on any atom is -0.337 e. The smallest absolute Gasteiger partial charge is 0.258 e. The second-order valence-corrected chi connectivity index (χ2v) is 7.64. The lowest BCUT2D eigenvalue weighted by Gasteiger charge is -2.24. The Balaban J connectivity index is 0.00000240. The Morgan fingerprint density at radius 2 is 1.86 bits per heavy atom. The Labute approximate surface area is 176 Å². The molecule has 2 N–H and O–H groups in total. The van der Waals surface area contributed by atoms with Crippen LogP contribution >= 0.6 is 12.4 Å². The molecule has 2 bridgehead atoms. The van der Waals surface area contributed by atoms with E-state index in [0.717, 1.165) is 24.9 Å². The average molecular weight is 418 g/mol. The number of carbonyl (C=O) groups is 2. The Hall–Kier alpha value is -2.44. The van der Waals surface area contributed by atoms with E-state index in [-0.39, 0.29) is 23.9 Å². The number of nitrogens with one attached hydrogen (secondary N) is 2. The van der Waals surface area contributed by atoms with Crippen molar-refractivity contribution >= 4 is 29.9 Å². The van der Waals surface area contributed by atoms with Crippen LogP contribution in [0.25, 0.3) is 0 Å². The monoisotopic (exact) mass is 417 g/mol. The molecule has 7 heteroatoms. The molecular weight excluding hydrogens is 393 g/mol. The molecule has 2 unspecified atom stereocenters. The van der Waals surface area contributed by atoms with Gasteiger partial charge in [0.15, 0.2) is 0 Å². The number of likely N-dealkylation sites (tertiary alicyclic amines) is 1. The molecule has 0 spiro atoms. The van der Waals surface area contributed by atoms with Gasteiger partial charge in [-0.05, 0) is 56.0 Å². The summed E-state index contributed by atoms with van der Waals surface area (Å²) < 4.78 is 13.9. The first-order valence-corrected chi connectivity index (χ1v) is 9.73. The zero-order chi connectivity index (χ0) is 19.7. The molecule has 154 valence electrons. The third-order valence-corrected chi connectivity index (χ3v) is 5.66. The molecule has 2 saturated heterocycles. The topological polar surface area (TPSA) is 61.4 Å². The second kappa shape index (κ2) is 8.93. The summed E-state index contributed by atoms with van der Waals surface area (Å²) in [6.07, 6.45) is 3.25. The van der Waals surface area contributed by atoms with E-state index in [9.17, 15) is 14.0 Å². The fourth-order valence-corrected chi connectivity index (χ4v) is 4.03. The van der Waals surface area contributed by atoms with E-state index in [2.05, 4.69) is 10.6 Å². The number of nitrogens with zero attached hydrogens (tertiary/aromatic N) is 1. The average Bonchev–Trinajstić information content (AvgIpc) is 3.02. The molecule has 2 amide bonds. The Kier molecular flexibility index (Phi) is 6.55. The summed E-state index contributed by atoms with van der Waals surface area (Å²) in [5.41, 5.74) is 1.85. The lowest BCUT2D eigenvalue weighted by atomic mass is 10.1. The van der Waals surface area contributed by atoms with Gasteiger partial charge in [0.25, 0.3) is 11.8 Å². The van der Waals surface area contributed by atoms with Crippen LogP contribution in [0, 0.1) is 12.7 Å². The highest BCUT2D eigenvalue weighted by Gasteiger charge is 2.31. The highest BCUT2D eigenvalue weighted by molar-refractivity contribution is 6.05. The lowest BCUT2D eigenvalue weighted by molar-refractivity contribution is 0.0748. The van der Waals surface area contributed by atoms with Gasteiger partial charge in [-0.25, -0.2) is 4.39 Å². The normalized spacial score (nSPS) is 20.6. The van der Waals surface area contributed by atoms with Gasteiger partial charge in [-0.1, -0.05) is 18.2 Å². The third-order valence-electron chi connectivity index (χ3n) is 5.66. The van der Waals surface area contributed by atoms with Gasteiger partial charge in [0.1, 0.15) is 5.82 Å². The third kappa shape index (κ3) is 4.60. The molecule has 0 aliphatic carbocycles. The van der Waals surface area contributed by atoms with Crippen LogP contribution in [-0.2, 0) is 0 Å². The van der Waals surface area contributed by atoms with E-state index < -0.39 is 11.7 Å². The summed E-state index contributed by atoms with van der Waals surface area (Å²) in [5.74, 6) is -1.13. The second-order valence-electron chi connectivity index (χ2n) is 7.64. The van der Waals surface area contributed by atoms with Crippen LogP contribution in [0.4, 0.5) is 10.1 Å². The van der Waals surface area contributed by atoms with Crippen molar-refractivity contribution in [3.05, 3.63) is 65.0 Å². The van der Waals surface area contributed by atoms with E-state index in [0.29, 0.717) is 29.9 Å². The fraction of sp³-hybridized carbons (Fsp3) is 0.364. The number of anilines is 1. The summed E-state index contributed by atoms with van der Waals surface area (Å²) in [6.45, 7) is 3.29. The zero-order valence-corrected chi connectivity index (χ0v) is 17.1. The van der Waals surface area contributed by atoms with Gasteiger partial charge in [0.05, 0.1) is 5.56 Å². The van der Waals surface area contributed by atoms with Crippen LogP contribution in [0.1, 0.15) is 45.5 Å². The number of amides is 2. The highest BCUT2D eigenvalue weighted by Crippen LogP contribution is 2.24. The molecule has 5 nitrogen and oxygen atoms in total. The molecule has 2 heterocycles. The van der Waals surface area contributed by atoms with Gasteiger partial charge in [-0.15, -0.1) is 12.4 Å². The predicted molar refractivity (Wildman–Crippen MR) is 113 cm³/mol. The number of fused-ring (bicyclic) bond motifs is 2. The number of benzene rings is 2. The summed E-state index contributed by atoms with van der Waals surface area (Å²) in [4.78, 5) is 27.4. The van der Waals surface area contributed by atoms with Gasteiger partial charge in [-0.2, -0.15) is 0 Å². The number of hydrogen-bond donors (Lipinski definition) is 2. The maximum Gasteiger partial charge on any atom is 0.258 e. The van der Waals surface area contributed by atoms with Gasteiger partial charge >= 0.3 is 0 Å². The van der Waals surface area contributed by atoms with E-state index in [4.69, 9.17) is 0 Å². The SMILES string of the molecule is Cc1ccc(C(=O)N2CCC3CCC(C2)N3)cc1NC(=O)c1ccccc1F.Cl. The van der Waals surface area contributed by atoms with Crippen molar-refractivity contribution in [3.63, 3.8) is 0 Å². The lowest BCUT2D eigenvalue weighted by Crippen LogP contribution is -2.39. The fourth-order valence-electron chi connectivity index (χ4n) is 4.03. The molecule has 2 fully saturated rings. The molecule has 4 rings (SSSR count). The number of rotatable bonds is 3. The molecule has 2 aromatic rings. The first-order chi connectivity index (χ1) is 13.5. The van der Waals surface area contributed by atoms with Crippen LogP contribution in [0.15, 0.2) is 42.5 Å². The molecule has 0 saturated carbocycles. The molecule has 2 aromatic carbocycles. The van der Waals surface area contributed by atoms with Gasteiger partial charge in [-0.3, -0.25) is 9.59 Å². The number of aryl methyl sites for hydroxylation is 1. The minimum absolute atomic E-state index is 0. The first-order valence-electron chi connectivity index (χ1n) is 9.73. The first kappa shape index (κ1) is 21.3. The van der Waals surface area contributed by atoms with Crippen molar-refractivity contribution in [2.75, 3.05) is 18.4 Å².